The first-order chi connectivity index (χ1) is 10.1. The zero-order chi connectivity index (χ0) is 15.2. The van der Waals surface area contributed by atoms with Gasteiger partial charge in [-0.15, -0.1) is 0 Å². The minimum Gasteiger partial charge on any atom is -0.392 e. The van der Waals surface area contributed by atoms with Gasteiger partial charge in [0.05, 0.1) is 6.10 Å². The van der Waals surface area contributed by atoms with Gasteiger partial charge in [0.15, 0.2) is 0 Å². The third-order valence-electron chi connectivity index (χ3n) is 4.97. The van der Waals surface area contributed by atoms with Crippen LogP contribution in [0.25, 0.3) is 0 Å². The molecule has 0 aliphatic carbocycles. The van der Waals surface area contributed by atoms with Crippen LogP contribution in [0.4, 0.5) is 0 Å². The number of piperazine rings is 1. The second-order valence-corrected chi connectivity index (χ2v) is 6.69. The number of piperidine rings is 1. The number of likely N-dealkylation sites (tertiary alicyclic amines) is 1. The van der Waals surface area contributed by atoms with Crippen LogP contribution in [0.3, 0.4) is 0 Å². The molecule has 2 fully saturated rings. The largest absolute Gasteiger partial charge is 0.392 e. The van der Waals surface area contributed by atoms with E-state index < -0.39 is 0 Å². The highest BCUT2D eigenvalue weighted by Gasteiger charge is 2.25. The van der Waals surface area contributed by atoms with E-state index in [0.29, 0.717) is 18.2 Å². The van der Waals surface area contributed by atoms with Gasteiger partial charge in [-0.25, -0.2) is 0 Å². The minimum atomic E-state index is -0.200. The smallest absolute Gasteiger partial charge is 0.222 e. The van der Waals surface area contributed by atoms with E-state index in [4.69, 9.17) is 0 Å². The van der Waals surface area contributed by atoms with Crippen molar-refractivity contribution in [1.29, 1.82) is 0 Å². The first kappa shape index (κ1) is 16.7. The molecule has 0 saturated carbocycles. The average molecular weight is 297 g/mol. The molecule has 2 heterocycles. The molecule has 0 aromatic heterocycles. The van der Waals surface area contributed by atoms with E-state index in [9.17, 15) is 9.90 Å². The molecule has 21 heavy (non-hydrogen) atoms. The van der Waals surface area contributed by atoms with Crippen LogP contribution >= 0.6 is 0 Å². The number of hydrogen-bond acceptors (Lipinski definition) is 4. The van der Waals surface area contributed by atoms with Gasteiger partial charge in [0.1, 0.15) is 0 Å². The molecule has 5 heteroatoms. The standard InChI is InChI=1S/C16H31N3O2/c1-3-15(20)13-18-6-4-14(5-7-18)12-16(21)19-10-8-17(2)9-11-19/h14-15,20H,3-13H2,1-2H3/t15-/m1/s1. The highest BCUT2D eigenvalue weighted by atomic mass is 16.3. The zero-order valence-corrected chi connectivity index (χ0v) is 13.6. The Kier molecular flexibility index (Phi) is 6.45. The van der Waals surface area contributed by atoms with Gasteiger partial charge in [0.25, 0.3) is 0 Å². The van der Waals surface area contributed by atoms with Crippen LogP contribution in [0.1, 0.15) is 32.6 Å². The molecule has 0 unspecified atom stereocenters. The van der Waals surface area contributed by atoms with E-state index in [-0.39, 0.29) is 6.10 Å². The SMILES string of the molecule is CC[C@@H](O)CN1CCC(CC(=O)N2CCN(C)CC2)CC1. The number of amides is 1. The number of nitrogens with zero attached hydrogens (tertiary/aromatic N) is 3. The van der Waals surface area contributed by atoms with Crippen LogP contribution in [0.5, 0.6) is 0 Å². The topological polar surface area (TPSA) is 47.0 Å². The van der Waals surface area contributed by atoms with Crippen LogP contribution in [0, 0.1) is 5.92 Å². The fourth-order valence-corrected chi connectivity index (χ4v) is 3.23. The summed E-state index contributed by atoms with van der Waals surface area (Å²) in [5, 5.41) is 9.71. The van der Waals surface area contributed by atoms with Crippen molar-refractivity contribution in [2.75, 3.05) is 52.9 Å². The average Bonchev–Trinajstić information content (AvgIpc) is 2.49. The molecule has 0 bridgehead atoms. The summed E-state index contributed by atoms with van der Waals surface area (Å²) in [7, 11) is 2.11. The summed E-state index contributed by atoms with van der Waals surface area (Å²) in [6.07, 6.45) is 3.52. The fraction of sp³-hybridized carbons (Fsp3) is 0.938. The summed E-state index contributed by atoms with van der Waals surface area (Å²) in [5.41, 5.74) is 0. The van der Waals surface area contributed by atoms with Gasteiger partial charge in [-0.3, -0.25) is 4.79 Å². The summed E-state index contributed by atoms with van der Waals surface area (Å²) in [6.45, 7) is 8.63. The monoisotopic (exact) mass is 297 g/mol. The maximum atomic E-state index is 12.3. The van der Waals surface area contributed by atoms with Gasteiger partial charge in [-0.05, 0) is 45.3 Å². The molecule has 0 aromatic rings. The van der Waals surface area contributed by atoms with E-state index >= 15 is 0 Å². The van der Waals surface area contributed by atoms with Crippen LogP contribution in [0.2, 0.25) is 0 Å². The van der Waals surface area contributed by atoms with Crippen molar-refractivity contribution in [2.45, 2.75) is 38.7 Å². The van der Waals surface area contributed by atoms with Gasteiger partial charge in [-0.2, -0.15) is 0 Å². The molecule has 2 saturated heterocycles. The van der Waals surface area contributed by atoms with Gasteiger partial charge in [0.2, 0.25) is 5.91 Å². The number of aliphatic hydroxyl groups excluding tert-OH is 1. The van der Waals surface area contributed by atoms with Crippen molar-refractivity contribution < 1.29 is 9.90 Å². The Labute approximate surface area is 128 Å². The molecule has 0 aromatic carbocycles. The first-order valence-corrected chi connectivity index (χ1v) is 8.45. The number of carbonyl (C=O) groups excluding carboxylic acids is 1. The highest BCUT2D eigenvalue weighted by Crippen LogP contribution is 2.22. The molecule has 2 rings (SSSR count). The van der Waals surface area contributed by atoms with Crippen molar-refractivity contribution in [3.05, 3.63) is 0 Å². The van der Waals surface area contributed by atoms with Gasteiger partial charge in [-0.1, -0.05) is 6.92 Å². The van der Waals surface area contributed by atoms with Crippen LogP contribution < -0.4 is 0 Å². The van der Waals surface area contributed by atoms with Crippen molar-refractivity contribution in [1.82, 2.24) is 14.7 Å². The Morgan fingerprint density at radius 1 is 1.14 bits per heavy atom. The zero-order valence-electron chi connectivity index (χ0n) is 13.6. The molecule has 1 N–H and O–H groups in total. The predicted molar refractivity (Wildman–Crippen MR) is 84.2 cm³/mol. The Bertz CT molecular complexity index is 321. The summed E-state index contributed by atoms with van der Waals surface area (Å²) >= 11 is 0. The summed E-state index contributed by atoms with van der Waals surface area (Å²) in [4.78, 5) is 19.0. The molecule has 0 spiro atoms. The second-order valence-electron chi connectivity index (χ2n) is 6.69. The van der Waals surface area contributed by atoms with Gasteiger partial charge < -0.3 is 19.8 Å². The van der Waals surface area contributed by atoms with Crippen LogP contribution in [0.15, 0.2) is 0 Å². The number of β-amino-alcohol motifs (C(OH)–C–C–N with tert-alkyl or cyclic N) is 1. The lowest BCUT2D eigenvalue weighted by molar-refractivity contribution is -0.134. The van der Waals surface area contributed by atoms with E-state index in [0.717, 1.165) is 65.1 Å². The van der Waals surface area contributed by atoms with Crippen LogP contribution in [-0.2, 0) is 4.79 Å². The number of hydrogen-bond donors (Lipinski definition) is 1. The Hall–Kier alpha value is -0.650. The fourth-order valence-electron chi connectivity index (χ4n) is 3.23. The third kappa shape index (κ3) is 5.24. The second kappa shape index (κ2) is 8.11. The van der Waals surface area contributed by atoms with E-state index in [2.05, 4.69) is 16.8 Å². The Morgan fingerprint density at radius 2 is 1.76 bits per heavy atom. The lowest BCUT2D eigenvalue weighted by Gasteiger charge is -2.36. The van der Waals surface area contributed by atoms with Gasteiger partial charge >= 0.3 is 0 Å². The lowest BCUT2D eigenvalue weighted by Crippen LogP contribution is -2.48. The maximum Gasteiger partial charge on any atom is 0.222 e. The third-order valence-corrected chi connectivity index (χ3v) is 4.97. The lowest BCUT2D eigenvalue weighted by atomic mass is 9.92. The molecular weight excluding hydrogens is 266 g/mol. The molecule has 122 valence electrons. The summed E-state index contributed by atoms with van der Waals surface area (Å²) in [6, 6.07) is 0. The molecule has 2 aliphatic heterocycles. The number of likely N-dealkylation sites (N-methyl/N-ethyl adjacent to an activating group) is 1. The van der Waals surface area contributed by atoms with Crippen molar-refractivity contribution in [3.63, 3.8) is 0 Å². The highest BCUT2D eigenvalue weighted by molar-refractivity contribution is 5.76. The molecular formula is C16H31N3O2. The van der Waals surface area contributed by atoms with E-state index in [1.807, 2.05) is 11.8 Å². The maximum absolute atomic E-state index is 12.3. The minimum absolute atomic E-state index is 0.200. The molecule has 5 nitrogen and oxygen atoms in total. The van der Waals surface area contributed by atoms with Crippen LogP contribution in [-0.4, -0.2) is 84.7 Å². The van der Waals surface area contributed by atoms with E-state index in [1.165, 1.54) is 0 Å². The predicted octanol–water partition coefficient (Wildman–Crippen LogP) is 0.633. The molecule has 2 aliphatic rings. The quantitative estimate of drug-likeness (QED) is 0.809. The number of aliphatic hydroxyl groups is 1. The van der Waals surface area contributed by atoms with Crippen molar-refractivity contribution >= 4 is 5.91 Å². The number of carbonyl (C=O) groups is 1. The van der Waals surface area contributed by atoms with E-state index in [1.54, 1.807) is 0 Å². The molecule has 1 amide bonds. The Balaban J connectivity index is 1.67. The summed E-state index contributed by atoms with van der Waals surface area (Å²) in [5.74, 6) is 0.877. The first-order valence-electron chi connectivity index (χ1n) is 8.45. The molecule has 1 atom stereocenters. The van der Waals surface area contributed by atoms with Crippen molar-refractivity contribution in [3.8, 4) is 0 Å². The number of rotatable bonds is 5. The Morgan fingerprint density at radius 3 is 2.33 bits per heavy atom. The normalized spacial score (nSPS) is 24.2. The van der Waals surface area contributed by atoms with Crippen molar-refractivity contribution in [2.24, 2.45) is 5.92 Å². The van der Waals surface area contributed by atoms with Gasteiger partial charge in [0, 0.05) is 39.1 Å². The summed E-state index contributed by atoms with van der Waals surface area (Å²) < 4.78 is 0. The molecule has 0 radical (unpaired) electrons.